The fraction of sp³-hybridized carbons (Fsp3) is 0.800. The Balaban J connectivity index is 1.57. The summed E-state index contributed by atoms with van der Waals surface area (Å²) in [6.45, 7) is 0.930. The summed E-state index contributed by atoms with van der Waals surface area (Å²) in [5.41, 5.74) is 5.81. The van der Waals surface area contributed by atoms with E-state index in [4.69, 9.17) is 10.5 Å². The van der Waals surface area contributed by atoms with Crippen LogP contribution in [0.15, 0.2) is 0 Å². The number of rotatable bonds is 5. The molecular weight excluding hydrogens is 236 g/mol. The van der Waals surface area contributed by atoms with Crippen LogP contribution >= 0.6 is 0 Å². The summed E-state index contributed by atoms with van der Waals surface area (Å²) in [5.74, 6) is -0.309. The molecule has 1 fully saturated rings. The van der Waals surface area contributed by atoms with Crippen molar-refractivity contribution in [3.05, 3.63) is 5.82 Å². The summed E-state index contributed by atoms with van der Waals surface area (Å²) in [5, 5.41) is 15.4. The van der Waals surface area contributed by atoms with Crippen molar-refractivity contribution in [1.82, 2.24) is 25.9 Å². The van der Waals surface area contributed by atoms with Crippen LogP contribution in [-0.4, -0.2) is 51.8 Å². The Kier molecular flexibility index (Phi) is 4.59. The van der Waals surface area contributed by atoms with E-state index >= 15 is 0 Å². The molecule has 8 heteroatoms. The molecule has 1 aliphatic carbocycles. The molecule has 4 N–H and O–H groups in total. The second-order valence-corrected chi connectivity index (χ2v) is 4.40. The van der Waals surface area contributed by atoms with E-state index in [1.165, 1.54) is 0 Å². The van der Waals surface area contributed by atoms with Gasteiger partial charge in [-0.05, 0) is 30.9 Å². The van der Waals surface area contributed by atoms with E-state index in [-0.39, 0.29) is 17.8 Å². The molecule has 1 amide bonds. The zero-order valence-electron chi connectivity index (χ0n) is 10.1. The third kappa shape index (κ3) is 3.74. The van der Waals surface area contributed by atoms with Gasteiger partial charge in [-0.1, -0.05) is 0 Å². The summed E-state index contributed by atoms with van der Waals surface area (Å²) in [6, 6.07) is 0.322. The van der Waals surface area contributed by atoms with E-state index in [1.54, 1.807) is 0 Å². The van der Waals surface area contributed by atoms with Crippen LogP contribution in [0.2, 0.25) is 0 Å². The standard InChI is InChI=1S/C10H18N6O2/c11-7-1-3-8(4-2-7)18-6-5-12-10(17)9-13-15-16-14-9/h7-8H,1-6,11H2,(H,12,17)(H,13,14,15,16). The van der Waals surface area contributed by atoms with Gasteiger partial charge in [-0.15, -0.1) is 10.2 Å². The molecule has 0 unspecified atom stereocenters. The number of tetrazole rings is 1. The molecule has 100 valence electrons. The number of carbonyl (C=O) groups is 1. The van der Waals surface area contributed by atoms with Crippen molar-refractivity contribution in [2.75, 3.05) is 13.2 Å². The lowest BCUT2D eigenvalue weighted by atomic mass is 9.94. The number of aromatic nitrogens is 4. The molecule has 0 aliphatic heterocycles. The fourth-order valence-corrected chi connectivity index (χ4v) is 1.98. The maximum absolute atomic E-state index is 11.4. The van der Waals surface area contributed by atoms with Gasteiger partial charge in [0.1, 0.15) is 0 Å². The van der Waals surface area contributed by atoms with Crippen LogP contribution in [0.3, 0.4) is 0 Å². The average molecular weight is 254 g/mol. The Labute approximate surface area is 105 Å². The molecule has 1 aromatic rings. The van der Waals surface area contributed by atoms with Gasteiger partial charge in [0.05, 0.1) is 12.7 Å². The largest absolute Gasteiger partial charge is 0.376 e. The van der Waals surface area contributed by atoms with Crippen LogP contribution in [0.25, 0.3) is 0 Å². The van der Waals surface area contributed by atoms with Crippen LogP contribution in [0.1, 0.15) is 36.3 Å². The molecule has 1 aromatic heterocycles. The lowest BCUT2D eigenvalue weighted by Crippen LogP contribution is -2.33. The Morgan fingerprint density at radius 3 is 2.89 bits per heavy atom. The number of H-pyrrole nitrogens is 1. The zero-order valence-corrected chi connectivity index (χ0v) is 10.1. The predicted octanol–water partition coefficient (Wildman–Crippen LogP) is -0.784. The van der Waals surface area contributed by atoms with E-state index in [1.807, 2.05) is 0 Å². The number of nitrogens with zero attached hydrogens (tertiary/aromatic N) is 3. The van der Waals surface area contributed by atoms with Gasteiger partial charge in [0.15, 0.2) is 0 Å². The zero-order chi connectivity index (χ0) is 12.8. The van der Waals surface area contributed by atoms with Gasteiger partial charge < -0.3 is 15.8 Å². The second-order valence-electron chi connectivity index (χ2n) is 4.40. The normalized spacial score (nSPS) is 23.8. The monoisotopic (exact) mass is 254 g/mol. The number of hydrogen-bond acceptors (Lipinski definition) is 6. The first kappa shape index (κ1) is 12.9. The first-order chi connectivity index (χ1) is 8.75. The Bertz CT molecular complexity index is 360. The first-order valence-corrected chi connectivity index (χ1v) is 6.14. The predicted molar refractivity (Wildman–Crippen MR) is 62.7 cm³/mol. The number of ether oxygens (including phenoxy) is 1. The molecule has 0 atom stereocenters. The molecule has 8 nitrogen and oxygen atoms in total. The SMILES string of the molecule is NC1CCC(OCCNC(=O)c2nn[nH]n2)CC1. The molecule has 0 aromatic carbocycles. The lowest BCUT2D eigenvalue weighted by Gasteiger charge is -2.26. The highest BCUT2D eigenvalue weighted by atomic mass is 16.5. The maximum atomic E-state index is 11.4. The summed E-state index contributed by atoms with van der Waals surface area (Å²) >= 11 is 0. The average Bonchev–Trinajstić information content (AvgIpc) is 2.90. The van der Waals surface area contributed by atoms with Gasteiger partial charge in [0.25, 0.3) is 11.7 Å². The number of nitrogens with one attached hydrogen (secondary N) is 2. The van der Waals surface area contributed by atoms with Crippen molar-refractivity contribution in [3.63, 3.8) is 0 Å². The Morgan fingerprint density at radius 1 is 1.44 bits per heavy atom. The molecule has 1 heterocycles. The van der Waals surface area contributed by atoms with Crippen molar-refractivity contribution in [2.24, 2.45) is 5.73 Å². The molecule has 2 rings (SSSR count). The number of hydrogen-bond donors (Lipinski definition) is 3. The minimum atomic E-state index is -0.349. The number of amides is 1. The highest BCUT2D eigenvalue weighted by molar-refractivity contribution is 5.89. The lowest BCUT2D eigenvalue weighted by molar-refractivity contribution is 0.0267. The molecule has 1 saturated carbocycles. The van der Waals surface area contributed by atoms with Gasteiger partial charge in [-0.3, -0.25) is 4.79 Å². The fourth-order valence-electron chi connectivity index (χ4n) is 1.98. The highest BCUT2D eigenvalue weighted by Crippen LogP contribution is 2.19. The van der Waals surface area contributed by atoms with Crippen molar-refractivity contribution >= 4 is 5.91 Å². The molecule has 0 radical (unpaired) electrons. The molecule has 0 bridgehead atoms. The van der Waals surface area contributed by atoms with Crippen LogP contribution < -0.4 is 11.1 Å². The third-order valence-corrected chi connectivity index (χ3v) is 3.01. The quantitative estimate of drug-likeness (QED) is 0.593. The topological polar surface area (TPSA) is 119 Å². The van der Waals surface area contributed by atoms with Crippen molar-refractivity contribution in [1.29, 1.82) is 0 Å². The molecule has 1 aliphatic rings. The van der Waals surface area contributed by atoms with Crippen molar-refractivity contribution in [3.8, 4) is 0 Å². The number of carbonyl (C=O) groups excluding carboxylic acids is 1. The van der Waals surface area contributed by atoms with Crippen LogP contribution in [-0.2, 0) is 4.74 Å². The Morgan fingerprint density at radius 2 is 2.22 bits per heavy atom. The van der Waals surface area contributed by atoms with Gasteiger partial charge >= 0.3 is 0 Å². The molecular formula is C10H18N6O2. The van der Waals surface area contributed by atoms with E-state index in [0.717, 1.165) is 25.7 Å². The van der Waals surface area contributed by atoms with Crippen LogP contribution in [0.5, 0.6) is 0 Å². The van der Waals surface area contributed by atoms with Crippen molar-refractivity contribution < 1.29 is 9.53 Å². The first-order valence-electron chi connectivity index (χ1n) is 6.14. The summed E-state index contributed by atoms with van der Waals surface area (Å²) < 4.78 is 5.66. The number of nitrogens with two attached hydrogens (primary N) is 1. The van der Waals surface area contributed by atoms with Gasteiger partial charge in [-0.2, -0.15) is 5.21 Å². The van der Waals surface area contributed by atoms with E-state index in [9.17, 15) is 4.79 Å². The van der Waals surface area contributed by atoms with Crippen LogP contribution in [0, 0.1) is 0 Å². The van der Waals surface area contributed by atoms with Gasteiger partial charge in [0, 0.05) is 12.6 Å². The summed E-state index contributed by atoms with van der Waals surface area (Å²) in [4.78, 5) is 11.4. The van der Waals surface area contributed by atoms with Gasteiger partial charge in [0.2, 0.25) is 0 Å². The van der Waals surface area contributed by atoms with Crippen LogP contribution in [0.4, 0.5) is 0 Å². The third-order valence-electron chi connectivity index (χ3n) is 3.01. The second kappa shape index (κ2) is 6.41. The molecule has 0 spiro atoms. The summed E-state index contributed by atoms with van der Waals surface area (Å²) in [7, 11) is 0. The van der Waals surface area contributed by atoms with Crippen molar-refractivity contribution in [2.45, 2.75) is 37.8 Å². The summed E-state index contributed by atoms with van der Waals surface area (Å²) in [6.07, 6.45) is 4.30. The maximum Gasteiger partial charge on any atom is 0.292 e. The van der Waals surface area contributed by atoms with E-state index in [2.05, 4.69) is 25.9 Å². The van der Waals surface area contributed by atoms with E-state index < -0.39 is 0 Å². The number of aromatic amines is 1. The van der Waals surface area contributed by atoms with Gasteiger partial charge in [-0.25, -0.2) is 0 Å². The smallest absolute Gasteiger partial charge is 0.292 e. The molecule has 18 heavy (non-hydrogen) atoms. The highest BCUT2D eigenvalue weighted by Gasteiger charge is 2.18. The minimum Gasteiger partial charge on any atom is -0.376 e. The minimum absolute atomic E-state index is 0.0404. The van der Waals surface area contributed by atoms with E-state index in [0.29, 0.717) is 19.2 Å². The molecule has 0 saturated heterocycles. The Hall–Kier alpha value is -1.54.